The van der Waals surface area contributed by atoms with Crippen molar-refractivity contribution >= 4 is 17.2 Å². The molecule has 20 heavy (non-hydrogen) atoms. The fourth-order valence-electron chi connectivity index (χ4n) is 2.51. The minimum absolute atomic E-state index is 0.0519. The maximum Gasteiger partial charge on any atom is 0.296 e. The van der Waals surface area contributed by atoms with Gasteiger partial charge in [0.15, 0.2) is 17.3 Å². The number of nitrogens with zero attached hydrogens (tertiary/aromatic N) is 2. The summed E-state index contributed by atoms with van der Waals surface area (Å²) in [5, 5.41) is 11.2. The van der Waals surface area contributed by atoms with Gasteiger partial charge in [-0.15, -0.1) is 0 Å². The number of hydrogen-bond acceptors (Lipinski definition) is 6. The summed E-state index contributed by atoms with van der Waals surface area (Å²) in [6.07, 6.45) is 1.25. The second kappa shape index (κ2) is 4.99. The van der Waals surface area contributed by atoms with Crippen LogP contribution in [0.4, 0.5) is 11.4 Å². The molecule has 106 valence electrons. The number of fused-ring (bicyclic) bond motifs is 1. The molecule has 1 aromatic rings. The number of benzene rings is 1. The summed E-state index contributed by atoms with van der Waals surface area (Å²) in [4.78, 5) is 24.1. The molecule has 0 radical (unpaired) electrons. The molecule has 3 rings (SSSR count). The molecule has 0 aromatic heterocycles. The molecule has 7 nitrogen and oxygen atoms in total. The number of ketones is 1. The molecule has 0 aliphatic carbocycles. The second-order valence-corrected chi connectivity index (χ2v) is 4.81. The molecule has 1 aromatic carbocycles. The molecule has 1 fully saturated rings. The Morgan fingerprint density at radius 2 is 1.90 bits per heavy atom. The van der Waals surface area contributed by atoms with Gasteiger partial charge in [-0.1, -0.05) is 0 Å². The second-order valence-electron chi connectivity index (χ2n) is 4.81. The van der Waals surface area contributed by atoms with E-state index < -0.39 is 4.92 Å². The summed E-state index contributed by atoms with van der Waals surface area (Å²) in [6.45, 7) is 1.64. The smallest absolute Gasteiger partial charge is 0.296 e. The van der Waals surface area contributed by atoms with Gasteiger partial charge in [-0.2, -0.15) is 0 Å². The van der Waals surface area contributed by atoms with E-state index in [2.05, 4.69) is 0 Å². The summed E-state index contributed by atoms with van der Waals surface area (Å²) >= 11 is 0. The molecule has 2 aliphatic heterocycles. The van der Waals surface area contributed by atoms with Crippen LogP contribution in [0.25, 0.3) is 0 Å². The van der Waals surface area contributed by atoms with E-state index in [4.69, 9.17) is 9.47 Å². The van der Waals surface area contributed by atoms with Gasteiger partial charge in [0.1, 0.15) is 18.9 Å². The Hall–Kier alpha value is -2.31. The van der Waals surface area contributed by atoms with Gasteiger partial charge in [0.2, 0.25) is 0 Å². The number of nitro benzene ring substituents is 1. The lowest BCUT2D eigenvalue weighted by molar-refractivity contribution is -0.384. The highest BCUT2D eigenvalue weighted by molar-refractivity contribution is 5.86. The number of carbonyl (C=O) groups is 1. The Morgan fingerprint density at radius 1 is 1.20 bits per heavy atom. The number of hydrogen-bond donors (Lipinski definition) is 0. The van der Waals surface area contributed by atoms with Crippen LogP contribution in [-0.4, -0.2) is 37.0 Å². The van der Waals surface area contributed by atoms with Crippen LogP contribution in [-0.2, 0) is 4.79 Å². The van der Waals surface area contributed by atoms with E-state index in [1.54, 1.807) is 11.0 Å². The maximum atomic E-state index is 11.5. The summed E-state index contributed by atoms with van der Waals surface area (Å²) in [5.41, 5.74) is 0.372. The van der Waals surface area contributed by atoms with Crippen LogP contribution < -0.4 is 14.4 Å². The lowest BCUT2D eigenvalue weighted by Gasteiger charge is -2.28. The maximum absolute atomic E-state index is 11.5. The average Bonchev–Trinajstić information content (AvgIpc) is 2.46. The molecule has 0 spiro atoms. The SMILES string of the molecule is O=C1CCCN(c2cc3c(cc2[N+](=O)[O-])OCCO3)C1. The van der Waals surface area contributed by atoms with Crippen LogP contribution in [0.2, 0.25) is 0 Å². The molecule has 0 bridgehead atoms. The molecular weight excluding hydrogens is 264 g/mol. The van der Waals surface area contributed by atoms with Crippen molar-refractivity contribution in [2.45, 2.75) is 12.8 Å². The third-order valence-corrected chi connectivity index (χ3v) is 3.43. The van der Waals surface area contributed by atoms with Crippen molar-refractivity contribution in [3.8, 4) is 11.5 Å². The van der Waals surface area contributed by atoms with Crippen molar-refractivity contribution in [2.24, 2.45) is 0 Å². The van der Waals surface area contributed by atoms with E-state index in [1.807, 2.05) is 0 Å². The topological polar surface area (TPSA) is 81.9 Å². The zero-order valence-electron chi connectivity index (χ0n) is 10.8. The van der Waals surface area contributed by atoms with Crippen molar-refractivity contribution in [3.05, 3.63) is 22.2 Å². The minimum atomic E-state index is -0.452. The highest BCUT2D eigenvalue weighted by atomic mass is 16.6. The minimum Gasteiger partial charge on any atom is -0.486 e. The number of Topliss-reactive ketones (excluding diaryl/α,β-unsaturated/α-hetero) is 1. The van der Waals surface area contributed by atoms with Gasteiger partial charge in [-0.3, -0.25) is 14.9 Å². The number of ether oxygens (including phenoxy) is 2. The van der Waals surface area contributed by atoms with Crippen LogP contribution >= 0.6 is 0 Å². The quantitative estimate of drug-likeness (QED) is 0.602. The fraction of sp³-hybridized carbons (Fsp3) is 0.462. The van der Waals surface area contributed by atoms with Crippen molar-refractivity contribution in [1.29, 1.82) is 0 Å². The van der Waals surface area contributed by atoms with Gasteiger partial charge in [0.25, 0.3) is 5.69 Å². The van der Waals surface area contributed by atoms with Crippen LogP contribution in [0.5, 0.6) is 11.5 Å². The van der Waals surface area contributed by atoms with Crippen LogP contribution in [0.1, 0.15) is 12.8 Å². The normalized spacial score (nSPS) is 18.0. The summed E-state index contributed by atoms with van der Waals surface area (Å²) in [6, 6.07) is 2.98. The molecule has 0 amide bonds. The van der Waals surface area contributed by atoms with Gasteiger partial charge in [0.05, 0.1) is 17.5 Å². The average molecular weight is 278 g/mol. The Morgan fingerprint density at radius 3 is 2.55 bits per heavy atom. The lowest BCUT2D eigenvalue weighted by atomic mass is 10.1. The van der Waals surface area contributed by atoms with Gasteiger partial charge >= 0.3 is 0 Å². The molecule has 0 unspecified atom stereocenters. The number of carbonyl (C=O) groups excluding carboxylic acids is 1. The first-order valence-corrected chi connectivity index (χ1v) is 6.50. The van der Waals surface area contributed by atoms with Gasteiger partial charge in [-0.05, 0) is 6.42 Å². The fourth-order valence-corrected chi connectivity index (χ4v) is 2.51. The Balaban J connectivity index is 2.03. The van der Waals surface area contributed by atoms with Gasteiger partial charge in [-0.25, -0.2) is 0 Å². The van der Waals surface area contributed by atoms with E-state index in [1.165, 1.54) is 6.07 Å². The number of anilines is 1. The Labute approximate surface area is 115 Å². The number of nitro groups is 1. The predicted molar refractivity (Wildman–Crippen MR) is 70.5 cm³/mol. The molecule has 7 heteroatoms. The van der Waals surface area contributed by atoms with E-state index in [0.717, 1.165) is 0 Å². The summed E-state index contributed by atoms with van der Waals surface area (Å²) < 4.78 is 10.8. The highest BCUT2D eigenvalue weighted by Crippen LogP contribution is 2.41. The number of rotatable bonds is 2. The third-order valence-electron chi connectivity index (χ3n) is 3.43. The predicted octanol–water partition coefficient (Wildman–Crippen LogP) is 1.54. The Bertz CT molecular complexity index is 572. The monoisotopic (exact) mass is 278 g/mol. The molecular formula is C13H14N2O5. The van der Waals surface area contributed by atoms with Crippen molar-refractivity contribution in [1.82, 2.24) is 0 Å². The molecule has 0 atom stereocenters. The van der Waals surface area contributed by atoms with Gasteiger partial charge in [0, 0.05) is 19.0 Å². The highest BCUT2D eigenvalue weighted by Gasteiger charge is 2.28. The summed E-state index contributed by atoms with van der Waals surface area (Å²) in [7, 11) is 0. The third kappa shape index (κ3) is 2.26. The zero-order valence-corrected chi connectivity index (χ0v) is 10.8. The van der Waals surface area contributed by atoms with Crippen LogP contribution in [0.15, 0.2) is 12.1 Å². The Kier molecular flexibility index (Phi) is 3.17. The van der Waals surface area contributed by atoms with E-state index in [9.17, 15) is 14.9 Å². The summed E-state index contributed by atoms with van der Waals surface area (Å²) in [5.74, 6) is 0.977. The van der Waals surface area contributed by atoms with E-state index >= 15 is 0 Å². The van der Waals surface area contributed by atoms with E-state index in [-0.39, 0.29) is 18.0 Å². The zero-order chi connectivity index (χ0) is 14.1. The lowest BCUT2D eigenvalue weighted by Crippen LogP contribution is -2.36. The first-order valence-electron chi connectivity index (χ1n) is 6.50. The number of piperidine rings is 1. The molecule has 2 heterocycles. The first kappa shape index (κ1) is 12.7. The van der Waals surface area contributed by atoms with Crippen LogP contribution in [0.3, 0.4) is 0 Å². The van der Waals surface area contributed by atoms with Crippen molar-refractivity contribution in [3.63, 3.8) is 0 Å². The van der Waals surface area contributed by atoms with Crippen molar-refractivity contribution < 1.29 is 19.2 Å². The van der Waals surface area contributed by atoms with E-state index in [0.29, 0.717) is 49.8 Å². The standard InChI is InChI=1S/C13H14N2O5/c16-9-2-1-3-14(8-9)10-6-12-13(20-5-4-19-12)7-11(10)15(17)18/h6-7H,1-5,8H2. The first-order chi connectivity index (χ1) is 9.65. The molecule has 2 aliphatic rings. The molecule has 1 saturated heterocycles. The van der Waals surface area contributed by atoms with Gasteiger partial charge < -0.3 is 14.4 Å². The van der Waals surface area contributed by atoms with Crippen LogP contribution in [0, 0.1) is 10.1 Å². The largest absolute Gasteiger partial charge is 0.486 e. The molecule has 0 saturated carbocycles. The van der Waals surface area contributed by atoms with Crippen molar-refractivity contribution in [2.75, 3.05) is 31.2 Å². The molecule has 0 N–H and O–H groups in total.